The van der Waals surface area contributed by atoms with Gasteiger partial charge in [-0.25, -0.2) is 14.4 Å². The first-order valence-corrected chi connectivity index (χ1v) is 8.46. The highest BCUT2D eigenvalue weighted by Crippen LogP contribution is 2.18. The second-order valence-electron chi connectivity index (χ2n) is 6.36. The van der Waals surface area contributed by atoms with Crippen molar-refractivity contribution in [1.29, 1.82) is 0 Å². The number of aromatic nitrogens is 2. The first-order valence-electron chi connectivity index (χ1n) is 8.46. The number of imidazole rings is 1. The van der Waals surface area contributed by atoms with Gasteiger partial charge in [-0.05, 0) is 41.3 Å². The summed E-state index contributed by atoms with van der Waals surface area (Å²) < 4.78 is 15.9. The molecule has 1 aromatic heterocycles. The molecular formula is C20H22FN5. The lowest BCUT2D eigenvalue weighted by Gasteiger charge is -2.10. The van der Waals surface area contributed by atoms with Crippen LogP contribution in [0.15, 0.2) is 66.2 Å². The Morgan fingerprint density at radius 1 is 1.27 bits per heavy atom. The Balaban J connectivity index is 1.67. The Labute approximate surface area is 152 Å². The van der Waals surface area contributed by atoms with Crippen molar-refractivity contribution in [3.8, 4) is 5.69 Å². The summed E-state index contributed by atoms with van der Waals surface area (Å²) in [5, 5.41) is 3.08. The molecule has 0 aliphatic carbocycles. The molecule has 1 heterocycles. The molecule has 0 saturated heterocycles. The number of nitrogens with zero attached hydrogens (tertiary/aromatic N) is 3. The summed E-state index contributed by atoms with van der Waals surface area (Å²) in [4.78, 5) is 8.22. The molecule has 0 spiro atoms. The zero-order chi connectivity index (χ0) is 18.5. The van der Waals surface area contributed by atoms with Crippen molar-refractivity contribution < 1.29 is 4.39 Å². The first-order chi connectivity index (χ1) is 12.5. The monoisotopic (exact) mass is 351 g/mol. The van der Waals surface area contributed by atoms with Crippen molar-refractivity contribution in [1.82, 2.24) is 9.55 Å². The molecule has 0 radical (unpaired) electrons. The summed E-state index contributed by atoms with van der Waals surface area (Å²) >= 11 is 0. The minimum atomic E-state index is -0.327. The van der Waals surface area contributed by atoms with Crippen LogP contribution in [0.2, 0.25) is 0 Å². The van der Waals surface area contributed by atoms with Crippen molar-refractivity contribution in [3.63, 3.8) is 0 Å². The van der Waals surface area contributed by atoms with E-state index >= 15 is 0 Å². The molecule has 134 valence electrons. The minimum Gasteiger partial charge on any atom is -0.370 e. The Hall–Kier alpha value is -3.15. The van der Waals surface area contributed by atoms with Gasteiger partial charge in [-0.3, -0.25) is 0 Å². The fraction of sp³-hybridized carbons (Fsp3) is 0.200. The number of nitrogens with one attached hydrogen (secondary N) is 1. The second kappa shape index (κ2) is 7.82. The third-order valence-electron chi connectivity index (χ3n) is 4.05. The van der Waals surface area contributed by atoms with E-state index in [0.29, 0.717) is 24.1 Å². The minimum absolute atomic E-state index is 0.295. The average Bonchev–Trinajstić information content (AvgIpc) is 3.14. The molecule has 5 nitrogen and oxygen atoms in total. The Bertz CT molecular complexity index is 900. The SMILES string of the molecule is CC(C)c1cccc(NC(N)=NCc2ccc(-n3ccnc3)c(F)c2)c1. The number of nitrogens with two attached hydrogens (primary N) is 1. The molecule has 0 fully saturated rings. The summed E-state index contributed by atoms with van der Waals surface area (Å²) in [7, 11) is 0. The summed E-state index contributed by atoms with van der Waals surface area (Å²) in [5.41, 5.74) is 9.26. The molecule has 0 aliphatic rings. The molecule has 0 aliphatic heterocycles. The standard InChI is InChI=1S/C20H22FN5/c1-14(2)16-4-3-5-17(11-16)25-20(22)24-12-15-6-7-19(18(21)10-15)26-9-8-23-13-26/h3-11,13-14H,12H2,1-2H3,(H3,22,24,25). The molecule has 26 heavy (non-hydrogen) atoms. The lowest BCUT2D eigenvalue weighted by molar-refractivity contribution is 0.616. The zero-order valence-corrected chi connectivity index (χ0v) is 14.9. The molecule has 3 rings (SSSR count). The van der Waals surface area contributed by atoms with Crippen LogP contribution in [0.5, 0.6) is 0 Å². The number of aliphatic imine (C=N–C) groups is 1. The van der Waals surface area contributed by atoms with E-state index < -0.39 is 0 Å². The van der Waals surface area contributed by atoms with Crippen molar-refractivity contribution in [2.24, 2.45) is 10.7 Å². The van der Waals surface area contributed by atoms with Gasteiger partial charge in [0.25, 0.3) is 0 Å². The van der Waals surface area contributed by atoms with Crippen LogP contribution in [0.25, 0.3) is 5.69 Å². The van der Waals surface area contributed by atoms with E-state index in [2.05, 4.69) is 35.2 Å². The third-order valence-corrected chi connectivity index (χ3v) is 4.05. The largest absolute Gasteiger partial charge is 0.370 e. The summed E-state index contributed by atoms with van der Waals surface area (Å²) in [6.45, 7) is 4.57. The van der Waals surface area contributed by atoms with Gasteiger partial charge >= 0.3 is 0 Å². The quantitative estimate of drug-likeness (QED) is 0.538. The van der Waals surface area contributed by atoms with Crippen molar-refractivity contribution in [3.05, 3.63) is 78.1 Å². The predicted molar refractivity (Wildman–Crippen MR) is 103 cm³/mol. The highest BCUT2D eigenvalue weighted by molar-refractivity contribution is 5.92. The van der Waals surface area contributed by atoms with Crippen LogP contribution in [0.1, 0.15) is 30.9 Å². The van der Waals surface area contributed by atoms with E-state index in [9.17, 15) is 4.39 Å². The number of guanidine groups is 1. The molecule has 2 aromatic carbocycles. The Kier molecular flexibility index (Phi) is 5.31. The number of halogens is 1. The van der Waals surface area contributed by atoms with Crippen molar-refractivity contribution in [2.75, 3.05) is 5.32 Å². The number of benzene rings is 2. The summed E-state index contributed by atoms with van der Waals surface area (Å²) in [6, 6.07) is 13.0. The van der Waals surface area contributed by atoms with Crippen LogP contribution in [-0.2, 0) is 6.54 Å². The molecule has 6 heteroatoms. The smallest absolute Gasteiger partial charge is 0.193 e. The van der Waals surface area contributed by atoms with E-state index in [1.54, 1.807) is 29.4 Å². The average molecular weight is 351 g/mol. The summed E-state index contributed by atoms with van der Waals surface area (Å²) in [5.74, 6) is 0.406. The van der Waals surface area contributed by atoms with Gasteiger partial charge in [0.1, 0.15) is 5.82 Å². The van der Waals surface area contributed by atoms with Gasteiger partial charge in [0.05, 0.1) is 18.6 Å². The van der Waals surface area contributed by atoms with Gasteiger partial charge in [-0.2, -0.15) is 0 Å². The fourth-order valence-electron chi connectivity index (χ4n) is 2.60. The van der Waals surface area contributed by atoms with E-state index in [4.69, 9.17) is 5.73 Å². The van der Waals surface area contributed by atoms with E-state index in [1.807, 2.05) is 24.3 Å². The van der Waals surface area contributed by atoms with Gasteiger partial charge in [0, 0.05) is 18.1 Å². The second-order valence-corrected chi connectivity index (χ2v) is 6.36. The summed E-state index contributed by atoms with van der Waals surface area (Å²) in [6.07, 6.45) is 4.87. The molecular weight excluding hydrogens is 329 g/mol. The van der Waals surface area contributed by atoms with Crippen LogP contribution in [0.3, 0.4) is 0 Å². The maximum Gasteiger partial charge on any atom is 0.193 e. The molecule has 0 atom stereocenters. The Morgan fingerprint density at radius 3 is 2.81 bits per heavy atom. The number of anilines is 1. The van der Waals surface area contributed by atoms with Gasteiger partial charge in [0.15, 0.2) is 5.96 Å². The predicted octanol–water partition coefficient (Wildman–Crippen LogP) is 4.06. The molecule has 3 aromatic rings. The normalized spacial score (nSPS) is 11.8. The molecule has 0 saturated carbocycles. The fourth-order valence-corrected chi connectivity index (χ4v) is 2.60. The van der Waals surface area contributed by atoms with E-state index in [-0.39, 0.29) is 5.82 Å². The number of hydrogen-bond acceptors (Lipinski definition) is 2. The maximum atomic E-state index is 14.3. The van der Waals surface area contributed by atoms with Crippen LogP contribution in [-0.4, -0.2) is 15.5 Å². The van der Waals surface area contributed by atoms with E-state index in [0.717, 1.165) is 11.3 Å². The van der Waals surface area contributed by atoms with E-state index in [1.165, 1.54) is 11.6 Å². The molecule has 3 N–H and O–H groups in total. The van der Waals surface area contributed by atoms with Gasteiger partial charge < -0.3 is 15.6 Å². The lowest BCUT2D eigenvalue weighted by atomic mass is 10.0. The van der Waals surface area contributed by atoms with Crippen molar-refractivity contribution >= 4 is 11.6 Å². The third kappa shape index (κ3) is 4.27. The van der Waals surface area contributed by atoms with Crippen molar-refractivity contribution in [2.45, 2.75) is 26.3 Å². The van der Waals surface area contributed by atoms with Gasteiger partial charge in [-0.1, -0.05) is 32.0 Å². The van der Waals surface area contributed by atoms with Crippen LogP contribution < -0.4 is 11.1 Å². The van der Waals surface area contributed by atoms with Crippen LogP contribution in [0, 0.1) is 5.82 Å². The van der Waals surface area contributed by atoms with Crippen LogP contribution >= 0.6 is 0 Å². The number of rotatable bonds is 5. The first kappa shape index (κ1) is 17.7. The topological polar surface area (TPSA) is 68.2 Å². The lowest BCUT2D eigenvalue weighted by Crippen LogP contribution is -2.22. The van der Waals surface area contributed by atoms with Crippen LogP contribution in [0.4, 0.5) is 10.1 Å². The number of hydrogen-bond donors (Lipinski definition) is 2. The zero-order valence-electron chi connectivity index (χ0n) is 14.9. The molecule has 0 amide bonds. The van der Waals surface area contributed by atoms with Gasteiger partial charge in [-0.15, -0.1) is 0 Å². The van der Waals surface area contributed by atoms with Gasteiger partial charge in [0.2, 0.25) is 0 Å². The molecule has 0 unspecified atom stereocenters. The maximum absolute atomic E-state index is 14.3. The molecule has 0 bridgehead atoms. The Morgan fingerprint density at radius 2 is 2.12 bits per heavy atom. The highest BCUT2D eigenvalue weighted by atomic mass is 19.1. The highest BCUT2D eigenvalue weighted by Gasteiger charge is 2.06.